The molecule has 0 saturated carbocycles. The van der Waals surface area contributed by atoms with Crippen LogP contribution < -0.4 is 0 Å². The third-order valence-electron chi connectivity index (χ3n) is 5.00. The lowest BCUT2D eigenvalue weighted by Crippen LogP contribution is -2.62. The largest absolute Gasteiger partial charge is 0.394 e. The van der Waals surface area contributed by atoms with Gasteiger partial charge in [-0.05, 0) is 46.6 Å². The SMILES string of the molecule is CC(C)N1CCC[C@H](N(C)C2(CO)CCOCC2)C1=O. The second kappa shape index (κ2) is 6.41. The van der Waals surface area contributed by atoms with Crippen molar-refractivity contribution >= 4 is 5.91 Å². The van der Waals surface area contributed by atoms with Gasteiger partial charge in [0.25, 0.3) is 0 Å². The number of piperidine rings is 1. The number of carbonyl (C=O) groups is 1. The van der Waals surface area contributed by atoms with Crippen LogP contribution in [0.4, 0.5) is 0 Å². The molecule has 0 spiro atoms. The highest BCUT2D eigenvalue weighted by molar-refractivity contribution is 5.83. The molecule has 2 heterocycles. The van der Waals surface area contributed by atoms with Crippen molar-refractivity contribution in [3.63, 3.8) is 0 Å². The van der Waals surface area contributed by atoms with E-state index in [1.807, 2.05) is 11.9 Å². The standard InChI is InChI=1S/C15H28N2O3/c1-12(2)17-8-4-5-13(14(17)19)16(3)15(11-18)6-9-20-10-7-15/h12-13,18H,4-11H2,1-3H3/t13-/m0/s1. The minimum Gasteiger partial charge on any atom is -0.394 e. The highest BCUT2D eigenvalue weighted by atomic mass is 16.5. The summed E-state index contributed by atoms with van der Waals surface area (Å²) in [6.07, 6.45) is 3.52. The number of likely N-dealkylation sites (N-methyl/N-ethyl adjacent to an activating group) is 1. The first kappa shape index (κ1) is 15.7. The number of nitrogens with zero attached hydrogens (tertiary/aromatic N) is 2. The Hall–Kier alpha value is -0.650. The van der Waals surface area contributed by atoms with Gasteiger partial charge in [0.15, 0.2) is 0 Å². The topological polar surface area (TPSA) is 53.0 Å². The zero-order valence-electron chi connectivity index (χ0n) is 13.0. The lowest BCUT2D eigenvalue weighted by Gasteiger charge is -2.49. The molecule has 0 radical (unpaired) electrons. The van der Waals surface area contributed by atoms with Crippen molar-refractivity contribution in [1.82, 2.24) is 9.80 Å². The van der Waals surface area contributed by atoms with Crippen LogP contribution in [0.2, 0.25) is 0 Å². The average molecular weight is 284 g/mol. The fourth-order valence-electron chi connectivity index (χ4n) is 3.46. The third-order valence-corrected chi connectivity index (χ3v) is 5.00. The maximum absolute atomic E-state index is 12.7. The highest BCUT2D eigenvalue weighted by Crippen LogP contribution is 2.31. The van der Waals surface area contributed by atoms with E-state index in [4.69, 9.17) is 4.74 Å². The molecule has 1 atom stereocenters. The van der Waals surface area contributed by atoms with Crippen molar-refractivity contribution in [2.45, 2.75) is 57.2 Å². The first-order valence-electron chi connectivity index (χ1n) is 7.74. The Kier molecular flexibility index (Phi) is 5.04. The third kappa shape index (κ3) is 2.85. The van der Waals surface area contributed by atoms with Gasteiger partial charge in [-0.1, -0.05) is 0 Å². The number of ether oxygens (including phenoxy) is 1. The number of aliphatic hydroxyl groups excluding tert-OH is 1. The van der Waals surface area contributed by atoms with Gasteiger partial charge in [-0.3, -0.25) is 9.69 Å². The van der Waals surface area contributed by atoms with Gasteiger partial charge in [0.2, 0.25) is 5.91 Å². The van der Waals surface area contributed by atoms with E-state index in [-0.39, 0.29) is 30.1 Å². The smallest absolute Gasteiger partial charge is 0.240 e. The molecule has 0 aromatic carbocycles. The molecule has 0 aromatic heterocycles. The summed E-state index contributed by atoms with van der Waals surface area (Å²) in [6, 6.07) is 0.148. The molecule has 2 rings (SSSR count). The zero-order valence-corrected chi connectivity index (χ0v) is 13.0. The predicted molar refractivity (Wildman–Crippen MR) is 77.5 cm³/mol. The summed E-state index contributed by atoms with van der Waals surface area (Å²) in [5, 5.41) is 9.88. The Morgan fingerprint density at radius 3 is 2.65 bits per heavy atom. The van der Waals surface area contributed by atoms with Gasteiger partial charge in [0, 0.05) is 31.3 Å². The van der Waals surface area contributed by atoms with E-state index in [9.17, 15) is 9.90 Å². The van der Waals surface area contributed by atoms with E-state index in [0.717, 1.165) is 32.2 Å². The lowest BCUT2D eigenvalue weighted by atomic mass is 9.86. The van der Waals surface area contributed by atoms with Crippen LogP contribution in [0.3, 0.4) is 0 Å². The first-order chi connectivity index (χ1) is 9.52. The maximum atomic E-state index is 12.7. The van der Waals surface area contributed by atoms with Crippen molar-refractivity contribution in [2.24, 2.45) is 0 Å². The molecule has 2 aliphatic rings. The van der Waals surface area contributed by atoms with E-state index in [2.05, 4.69) is 18.7 Å². The van der Waals surface area contributed by atoms with Crippen molar-refractivity contribution < 1.29 is 14.6 Å². The van der Waals surface area contributed by atoms with Gasteiger partial charge in [-0.25, -0.2) is 0 Å². The normalized spacial score (nSPS) is 27.4. The fourth-order valence-corrected chi connectivity index (χ4v) is 3.46. The molecule has 0 unspecified atom stereocenters. The number of hydrogen-bond donors (Lipinski definition) is 1. The van der Waals surface area contributed by atoms with Crippen LogP contribution in [0.15, 0.2) is 0 Å². The Bertz CT molecular complexity index is 340. The van der Waals surface area contributed by atoms with Crippen molar-refractivity contribution in [1.29, 1.82) is 0 Å². The number of rotatable bonds is 4. The number of aliphatic hydroxyl groups is 1. The molecule has 20 heavy (non-hydrogen) atoms. The second-order valence-electron chi connectivity index (χ2n) is 6.39. The summed E-state index contributed by atoms with van der Waals surface area (Å²) in [4.78, 5) is 16.8. The van der Waals surface area contributed by atoms with Gasteiger partial charge in [-0.2, -0.15) is 0 Å². The van der Waals surface area contributed by atoms with Crippen LogP contribution in [0.25, 0.3) is 0 Å². The summed E-state index contributed by atoms with van der Waals surface area (Å²) in [5.41, 5.74) is -0.293. The Labute approximate surface area is 121 Å². The molecule has 0 aliphatic carbocycles. The minimum absolute atomic E-state index is 0.0956. The first-order valence-corrected chi connectivity index (χ1v) is 7.74. The molecule has 2 fully saturated rings. The average Bonchev–Trinajstić information content (AvgIpc) is 2.47. The molecule has 2 aliphatic heterocycles. The number of hydrogen-bond acceptors (Lipinski definition) is 4. The van der Waals surface area contributed by atoms with Crippen molar-refractivity contribution in [3.8, 4) is 0 Å². The summed E-state index contributed by atoms with van der Waals surface area (Å²) in [6.45, 7) is 6.42. The summed E-state index contributed by atoms with van der Waals surface area (Å²) >= 11 is 0. The Morgan fingerprint density at radius 1 is 1.45 bits per heavy atom. The van der Waals surface area contributed by atoms with E-state index in [0.29, 0.717) is 13.2 Å². The molecule has 2 saturated heterocycles. The van der Waals surface area contributed by atoms with Crippen molar-refractivity contribution in [2.75, 3.05) is 33.4 Å². The molecule has 0 bridgehead atoms. The van der Waals surface area contributed by atoms with Crippen LogP contribution in [0, 0.1) is 0 Å². The van der Waals surface area contributed by atoms with Crippen LogP contribution in [-0.4, -0.2) is 71.8 Å². The van der Waals surface area contributed by atoms with Crippen LogP contribution in [0.5, 0.6) is 0 Å². The van der Waals surface area contributed by atoms with Crippen LogP contribution >= 0.6 is 0 Å². The quantitative estimate of drug-likeness (QED) is 0.832. The highest BCUT2D eigenvalue weighted by Gasteiger charge is 2.43. The lowest BCUT2D eigenvalue weighted by molar-refractivity contribution is -0.148. The number of amides is 1. The van der Waals surface area contributed by atoms with Gasteiger partial charge >= 0.3 is 0 Å². The molecule has 0 aromatic rings. The number of likely N-dealkylation sites (tertiary alicyclic amines) is 1. The molecule has 116 valence electrons. The summed E-state index contributed by atoms with van der Waals surface area (Å²) < 4.78 is 5.42. The molecule has 5 nitrogen and oxygen atoms in total. The Balaban J connectivity index is 2.14. The molecule has 1 amide bonds. The predicted octanol–water partition coefficient (Wildman–Crippen LogP) is 0.859. The molecule has 1 N–H and O–H groups in total. The summed E-state index contributed by atoms with van der Waals surface area (Å²) in [5.74, 6) is 0.216. The van der Waals surface area contributed by atoms with E-state index in [1.165, 1.54) is 0 Å². The number of carbonyl (C=O) groups excluding carboxylic acids is 1. The van der Waals surface area contributed by atoms with Gasteiger partial charge in [0.05, 0.1) is 12.6 Å². The monoisotopic (exact) mass is 284 g/mol. The van der Waals surface area contributed by atoms with E-state index >= 15 is 0 Å². The van der Waals surface area contributed by atoms with Gasteiger partial charge < -0.3 is 14.7 Å². The van der Waals surface area contributed by atoms with Crippen LogP contribution in [-0.2, 0) is 9.53 Å². The van der Waals surface area contributed by atoms with Crippen molar-refractivity contribution in [3.05, 3.63) is 0 Å². The molecular weight excluding hydrogens is 256 g/mol. The zero-order chi connectivity index (χ0) is 14.8. The second-order valence-corrected chi connectivity index (χ2v) is 6.39. The summed E-state index contributed by atoms with van der Waals surface area (Å²) in [7, 11) is 1.99. The van der Waals surface area contributed by atoms with Gasteiger partial charge in [-0.15, -0.1) is 0 Å². The maximum Gasteiger partial charge on any atom is 0.240 e. The van der Waals surface area contributed by atoms with Gasteiger partial charge in [0.1, 0.15) is 0 Å². The fraction of sp³-hybridized carbons (Fsp3) is 0.933. The Morgan fingerprint density at radius 2 is 2.10 bits per heavy atom. The molecular formula is C15H28N2O3. The molecule has 5 heteroatoms. The van der Waals surface area contributed by atoms with Crippen LogP contribution in [0.1, 0.15) is 39.5 Å². The minimum atomic E-state index is -0.293. The van der Waals surface area contributed by atoms with E-state index in [1.54, 1.807) is 0 Å². The van der Waals surface area contributed by atoms with E-state index < -0.39 is 0 Å².